The van der Waals surface area contributed by atoms with Crippen molar-refractivity contribution in [2.75, 3.05) is 14.1 Å². The average Bonchev–Trinajstić information content (AvgIpc) is 2.46. The van der Waals surface area contributed by atoms with Gasteiger partial charge in [0.2, 0.25) is 0 Å². The van der Waals surface area contributed by atoms with Crippen LogP contribution in [0.25, 0.3) is 11.1 Å². The van der Waals surface area contributed by atoms with Gasteiger partial charge in [-0.3, -0.25) is 4.79 Å². The summed E-state index contributed by atoms with van der Waals surface area (Å²) in [6, 6.07) is 14.1. The van der Waals surface area contributed by atoms with Crippen LogP contribution in [0.4, 0.5) is 0 Å². The van der Waals surface area contributed by atoms with E-state index in [2.05, 4.69) is 0 Å². The maximum absolute atomic E-state index is 12.0. The van der Waals surface area contributed by atoms with E-state index in [1.54, 1.807) is 26.2 Å². The molecule has 0 aromatic heterocycles. The van der Waals surface area contributed by atoms with E-state index in [0.29, 0.717) is 5.56 Å². The summed E-state index contributed by atoms with van der Waals surface area (Å²) < 4.78 is 0. The maximum atomic E-state index is 12.0. The van der Waals surface area contributed by atoms with Gasteiger partial charge in [-0.2, -0.15) is 0 Å². The Morgan fingerprint density at radius 1 is 0.900 bits per heavy atom. The highest BCUT2D eigenvalue weighted by molar-refractivity contribution is 5.99. The molecule has 20 heavy (non-hydrogen) atoms. The molecule has 0 aliphatic heterocycles. The highest BCUT2D eigenvalue weighted by Crippen LogP contribution is 2.23. The Hall–Kier alpha value is -2.62. The van der Waals surface area contributed by atoms with Crippen LogP contribution in [0.3, 0.4) is 0 Å². The van der Waals surface area contributed by atoms with Gasteiger partial charge in [-0.25, -0.2) is 4.79 Å². The summed E-state index contributed by atoms with van der Waals surface area (Å²) in [5.41, 5.74) is 2.07. The second kappa shape index (κ2) is 5.57. The predicted octanol–water partition coefficient (Wildman–Crippen LogP) is 2.75. The summed E-state index contributed by atoms with van der Waals surface area (Å²) in [5, 5.41) is 9.18. The molecule has 2 aromatic carbocycles. The van der Waals surface area contributed by atoms with Gasteiger partial charge in [0, 0.05) is 19.7 Å². The normalized spacial score (nSPS) is 10.1. The number of nitrogens with zero attached hydrogens (tertiary/aromatic N) is 1. The summed E-state index contributed by atoms with van der Waals surface area (Å²) in [6.45, 7) is 0. The van der Waals surface area contributed by atoms with E-state index in [4.69, 9.17) is 0 Å². The van der Waals surface area contributed by atoms with Crippen molar-refractivity contribution in [3.05, 3.63) is 59.7 Å². The van der Waals surface area contributed by atoms with Crippen LogP contribution in [0.5, 0.6) is 0 Å². The summed E-state index contributed by atoms with van der Waals surface area (Å²) in [4.78, 5) is 24.7. The van der Waals surface area contributed by atoms with Crippen molar-refractivity contribution in [2.45, 2.75) is 0 Å². The molecule has 102 valence electrons. The molecule has 0 radical (unpaired) electrons. The third-order valence-corrected chi connectivity index (χ3v) is 2.94. The Balaban J connectivity index is 2.58. The molecule has 2 aromatic rings. The summed E-state index contributed by atoms with van der Waals surface area (Å²) in [6.07, 6.45) is 0. The number of hydrogen-bond donors (Lipinski definition) is 1. The minimum atomic E-state index is -1.05. The van der Waals surface area contributed by atoms with Gasteiger partial charge in [0.1, 0.15) is 0 Å². The molecule has 1 amide bonds. The molecule has 0 atom stereocenters. The lowest BCUT2D eigenvalue weighted by Gasteiger charge is -2.12. The zero-order valence-corrected chi connectivity index (χ0v) is 11.3. The molecule has 0 aliphatic rings. The van der Waals surface area contributed by atoms with Crippen LogP contribution in [0.15, 0.2) is 48.5 Å². The molecular weight excluding hydrogens is 254 g/mol. The van der Waals surface area contributed by atoms with Crippen molar-refractivity contribution in [3.63, 3.8) is 0 Å². The Labute approximate surface area is 117 Å². The molecule has 0 unspecified atom stereocenters. The Morgan fingerprint density at radius 3 is 2.05 bits per heavy atom. The number of amides is 1. The van der Waals surface area contributed by atoms with Gasteiger partial charge in [-0.05, 0) is 29.3 Å². The Kier molecular flexibility index (Phi) is 3.84. The number of rotatable bonds is 3. The van der Waals surface area contributed by atoms with Crippen molar-refractivity contribution in [3.8, 4) is 11.1 Å². The fourth-order valence-corrected chi connectivity index (χ4v) is 1.93. The van der Waals surface area contributed by atoms with Crippen molar-refractivity contribution >= 4 is 11.9 Å². The molecule has 0 saturated carbocycles. The van der Waals surface area contributed by atoms with E-state index in [1.165, 1.54) is 11.0 Å². The molecule has 0 heterocycles. The van der Waals surface area contributed by atoms with Crippen LogP contribution in [0.1, 0.15) is 20.7 Å². The summed E-state index contributed by atoms with van der Waals surface area (Å²) >= 11 is 0. The largest absolute Gasteiger partial charge is 0.478 e. The van der Waals surface area contributed by atoms with Crippen molar-refractivity contribution in [2.24, 2.45) is 0 Å². The van der Waals surface area contributed by atoms with E-state index < -0.39 is 5.97 Å². The van der Waals surface area contributed by atoms with Crippen LogP contribution in [0, 0.1) is 0 Å². The average molecular weight is 269 g/mol. The fraction of sp³-hybridized carbons (Fsp3) is 0.125. The van der Waals surface area contributed by atoms with Gasteiger partial charge in [0.15, 0.2) is 0 Å². The highest BCUT2D eigenvalue weighted by Gasteiger charge is 2.14. The van der Waals surface area contributed by atoms with Crippen LogP contribution >= 0.6 is 0 Å². The van der Waals surface area contributed by atoms with Crippen LogP contribution in [0.2, 0.25) is 0 Å². The van der Waals surface area contributed by atoms with Crippen molar-refractivity contribution in [1.29, 1.82) is 0 Å². The van der Waals surface area contributed by atoms with Crippen LogP contribution in [-0.4, -0.2) is 36.0 Å². The van der Waals surface area contributed by atoms with E-state index in [9.17, 15) is 14.7 Å². The zero-order chi connectivity index (χ0) is 14.7. The summed E-state index contributed by atoms with van der Waals surface area (Å²) in [7, 11) is 3.27. The maximum Gasteiger partial charge on any atom is 0.335 e. The zero-order valence-electron chi connectivity index (χ0n) is 11.3. The molecule has 4 nitrogen and oxygen atoms in total. The van der Waals surface area contributed by atoms with E-state index in [-0.39, 0.29) is 11.5 Å². The Morgan fingerprint density at radius 2 is 1.50 bits per heavy atom. The van der Waals surface area contributed by atoms with E-state index in [0.717, 1.165) is 11.1 Å². The molecule has 2 rings (SSSR count). The summed E-state index contributed by atoms with van der Waals surface area (Å²) in [5.74, 6) is -1.26. The fourth-order valence-electron chi connectivity index (χ4n) is 1.93. The monoisotopic (exact) mass is 269 g/mol. The number of carbonyl (C=O) groups is 2. The number of hydrogen-bond acceptors (Lipinski definition) is 2. The quantitative estimate of drug-likeness (QED) is 0.932. The molecule has 0 bridgehead atoms. The molecule has 0 saturated heterocycles. The first-order valence-corrected chi connectivity index (χ1v) is 6.14. The smallest absolute Gasteiger partial charge is 0.335 e. The van der Waals surface area contributed by atoms with Gasteiger partial charge >= 0.3 is 5.97 Å². The molecule has 0 aliphatic carbocycles. The van der Waals surface area contributed by atoms with Crippen LogP contribution < -0.4 is 0 Å². The number of carbonyl (C=O) groups excluding carboxylic acids is 1. The highest BCUT2D eigenvalue weighted by atomic mass is 16.4. The molecule has 4 heteroatoms. The minimum Gasteiger partial charge on any atom is -0.478 e. The second-order valence-electron chi connectivity index (χ2n) is 4.67. The Bertz CT molecular complexity index is 648. The van der Waals surface area contributed by atoms with Gasteiger partial charge in [0.25, 0.3) is 5.91 Å². The molecule has 0 fully saturated rings. The second-order valence-corrected chi connectivity index (χ2v) is 4.67. The number of benzene rings is 2. The van der Waals surface area contributed by atoms with Crippen molar-refractivity contribution < 1.29 is 14.7 Å². The lowest BCUT2D eigenvalue weighted by Crippen LogP contribution is -2.22. The third kappa shape index (κ3) is 2.85. The van der Waals surface area contributed by atoms with Crippen LogP contribution in [-0.2, 0) is 0 Å². The topological polar surface area (TPSA) is 57.6 Å². The van der Waals surface area contributed by atoms with E-state index >= 15 is 0 Å². The number of carboxylic acids is 1. The van der Waals surface area contributed by atoms with E-state index in [1.807, 2.05) is 30.3 Å². The number of carboxylic acid groups (broad SMARTS) is 1. The first kappa shape index (κ1) is 13.8. The minimum absolute atomic E-state index is 0.108. The SMILES string of the molecule is CN(C)C(=O)c1cc(C(=O)O)cc(-c2ccccc2)c1. The molecule has 1 N–H and O–H groups in total. The molecule has 0 spiro atoms. The standard InChI is InChI=1S/C16H15NO3/c1-17(2)15(18)13-8-12(9-14(10-13)16(19)20)11-6-4-3-5-7-11/h3-10H,1-2H3,(H,19,20). The van der Waals surface area contributed by atoms with Crippen molar-refractivity contribution in [1.82, 2.24) is 4.90 Å². The predicted molar refractivity (Wildman–Crippen MR) is 76.9 cm³/mol. The first-order chi connectivity index (χ1) is 9.49. The third-order valence-electron chi connectivity index (χ3n) is 2.94. The van der Waals surface area contributed by atoms with Gasteiger partial charge in [-0.1, -0.05) is 30.3 Å². The molecular formula is C16H15NO3. The first-order valence-electron chi connectivity index (χ1n) is 6.14. The lowest BCUT2D eigenvalue weighted by atomic mass is 9.99. The van der Waals surface area contributed by atoms with Gasteiger partial charge in [0.05, 0.1) is 5.56 Å². The van der Waals surface area contributed by atoms with Gasteiger partial charge in [-0.15, -0.1) is 0 Å². The lowest BCUT2D eigenvalue weighted by molar-refractivity contribution is 0.0697. The number of aromatic carboxylic acids is 1. The van der Waals surface area contributed by atoms with Gasteiger partial charge < -0.3 is 10.0 Å².